The number of carbonyl (C=O) groups excluding carboxylic acids is 1. The van der Waals surface area contributed by atoms with Crippen molar-refractivity contribution in [3.8, 4) is 0 Å². The Morgan fingerprint density at radius 3 is 2.82 bits per heavy atom. The molecule has 0 unspecified atom stereocenters. The van der Waals surface area contributed by atoms with Crippen LogP contribution in [0.5, 0.6) is 0 Å². The minimum absolute atomic E-state index is 0.0872. The Kier molecular flexibility index (Phi) is 3.79. The number of aryl methyl sites for hydroxylation is 1. The maximum atomic E-state index is 12.1. The second-order valence-corrected chi connectivity index (χ2v) is 4.65. The SMILES string of the molecule is CC[C@H](N)C(=O)N1CCCc2ccccc2C1. The lowest BCUT2D eigenvalue weighted by Crippen LogP contribution is -2.43. The molecule has 0 bridgehead atoms. The predicted molar refractivity (Wildman–Crippen MR) is 68.4 cm³/mol. The van der Waals surface area contributed by atoms with Crippen molar-refractivity contribution in [3.05, 3.63) is 35.4 Å². The smallest absolute Gasteiger partial charge is 0.239 e. The summed E-state index contributed by atoms with van der Waals surface area (Å²) in [5.74, 6) is 0.0872. The van der Waals surface area contributed by atoms with Gasteiger partial charge in [-0.1, -0.05) is 31.2 Å². The molecule has 1 aliphatic rings. The van der Waals surface area contributed by atoms with Gasteiger partial charge in [-0.05, 0) is 30.4 Å². The average Bonchev–Trinajstić information content (AvgIpc) is 2.58. The molecule has 0 radical (unpaired) electrons. The maximum Gasteiger partial charge on any atom is 0.239 e. The van der Waals surface area contributed by atoms with Gasteiger partial charge < -0.3 is 10.6 Å². The van der Waals surface area contributed by atoms with Gasteiger partial charge in [0.05, 0.1) is 6.04 Å². The van der Waals surface area contributed by atoms with Crippen LogP contribution in [0.15, 0.2) is 24.3 Å². The molecule has 1 heterocycles. The summed E-state index contributed by atoms with van der Waals surface area (Å²) in [6.45, 7) is 3.48. The Morgan fingerprint density at radius 2 is 2.12 bits per heavy atom. The number of amides is 1. The molecular formula is C14H20N2O. The molecule has 1 atom stereocenters. The summed E-state index contributed by atoms with van der Waals surface area (Å²) >= 11 is 0. The Labute approximate surface area is 103 Å². The molecule has 1 aromatic rings. The molecule has 3 nitrogen and oxygen atoms in total. The quantitative estimate of drug-likeness (QED) is 0.843. The summed E-state index contributed by atoms with van der Waals surface area (Å²) in [5.41, 5.74) is 8.46. The van der Waals surface area contributed by atoms with Gasteiger partial charge in [0.1, 0.15) is 0 Å². The normalized spacial score (nSPS) is 17.2. The zero-order valence-electron chi connectivity index (χ0n) is 10.4. The Bertz CT molecular complexity index is 403. The van der Waals surface area contributed by atoms with Crippen molar-refractivity contribution in [2.45, 2.75) is 38.8 Å². The number of carbonyl (C=O) groups is 1. The highest BCUT2D eigenvalue weighted by Gasteiger charge is 2.22. The number of benzene rings is 1. The fourth-order valence-corrected chi connectivity index (χ4v) is 2.30. The third kappa shape index (κ3) is 2.67. The van der Waals surface area contributed by atoms with Crippen LogP contribution in [0.3, 0.4) is 0 Å². The van der Waals surface area contributed by atoms with E-state index < -0.39 is 0 Å². The number of nitrogens with two attached hydrogens (primary N) is 1. The van der Waals surface area contributed by atoms with E-state index in [1.807, 2.05) is 17.9 Å². The minimum Gasteiger partial charge on any atom is -0.337 e. The number of rotatable bonds is 2. The molecule has 17 heavy (non-hydrogen) atoms. The molecule has 0 saturated heterocycles. The van der Waals surface area contributed by atoms with E-state index in [4.69, 9.17) is 5.73 Å². The van der Waals surface area contributed by atoms with Crippen LogP contribution in [0.2, 0.25) is 0 Å². The van der Waals surface area contributed by atoms with Gasteiger partial charge in [-0.15, -0.1) is 0 Å². The molecule has 1 aliphatic heterocycles. The fourth-order valence-electron chi connectivity index (χ4n) is 2.30. The average molecular weight is 232 g/mol. The van der Waals surface area contributed by atoms with Crippen LogP contribution in [0.4, 0.5) is 0 Å². The van der Waals surface area contributed by atoms with Gasteiger partial charge >= 0.3 is 0 Å². The van der Waals surface area contributed by atoms with Crippen LogP contribution in [0.25, 0.3) is 0 Å². The molecule has 0 aliphatic carbocycles. The van der Waals surface area contributed by atoms with E-state index in [1.165, 1.54) is 11.1 Å². The molecule has 2 rings (SSSR count). The third-order valence-electron chi connectivity index (χ3n) is 3.42. The van der Waals surface area contributed by atoms with E-state index in [1.54, 1.807) is 0 Å². The Hall–Kier alpha value is -1.35. The van der Waals surface area contributed by atoms with Crippen LogP contribution in [-0.2, 0) is 17.8 Å². The third-order valence-corrected chi connectivity index (χ3v) is 3.42. The van der Waals surface area contributed by atoms with Crippen molar-refractivity contribution < 1.29 is 4.79 Å². The van der Waals surface area contributed by atoms with E-state index in [0.29, 0.717) is 13.0 Å². The molecule has 1 aromatic carbocycles. The summed E-state index contributed by atoms with van der Waals surface area (Å²) in [6.07, 6.45) is 2.79. The van der Waals surface area contributed by atoms with Gasteiger partial charge in [-0.25, -0.2) is 0 Å². The monoisotopic (exact) mass is 232 g/mol. The van der Waals surface area contributed by atoms with Gasteiger partial charge in [-0.3, -0.25) is 4.79 Å². The molecule has 0 fully saturated rings. The highest BCUT2D eigenvalue weighted by Crippen LogP contribution is 2.18. The van der Waals surface area contributed by atoms with Gasteiger partial charge in [0.2, 0.25) is 5.91 Å². The zero-order chi connectivity index (χ0) is 12.3. The lowest BCUT2D eigenvalue weighted by molar-refractivity contribution is -0.133. The van der Waals surface area contributed by atoms with Gasteiger partial charge in [0.15, 0.2) is 0 Å². The Balaban J connectivity index is 2.15. The number of nitrogens with zero attached hydrogens (tertiary/aromatic N) is 1. The number of fused-ring (bicyclic) bond motifs is 1. The lowest BCUT2D eigenvalue weighted by Gasteiger charge is -2.23. The van der Waals surface area contributed by atoms with Gasteiger partial charge in [0, 0.05) is 13.1 Å². The summed E-state index contributed by atoms with van der Waals surface area (Å²) in [5, 5.41) is 0. The largest absolute Gasteiger partial charge is 0.337 e. The first kappa shape index (κ1) is 12.1. The van der Waals surface area contributed by atoms with Gasteiger partial charge in [-0.2, -0.15) is 0 Å². The molecule has 0 saturated carbocycles. The fraction of sp³-hybridized carbons (Fsp3) is 0.500. The first-order valence-corrected chi connectivity index (χ1v) is 6.33. The molecule has 3 heteroatoms. The second kappa shape index (κ2) is 5.32. The van der Waals surface area contributed by atoms with E-state index >= 15 is 0 Å². The molecule has 0 aromatic heterocycles. The summed E-state index contributed by atoms with van der Waals surface area (Å²) in [7, 11) is 0. The van der Waals surface area contributed by atoms with Crippen molar-refractivity contribution in [1.29, 1.82) is 0 Å². The first-order chi connectivity index (χ1) is 8.22. The number of hydrogen-bond acceptors (Lipinski definition) is 2. The molecular weight excluding hydrogens is 212 g/mol. The second-order valence-electron chi connectivity index (χ2n) is 4.65. The minimum atomic E-state index is -0.347. The predicted octanol–water partition coefficient (Wildman–Crippen LogP) is 1.70. The van der Waals surface area contributed by atoms with E-state index in [-0.39, 0.29) is 11.9 Å². The zero-order valence-corrected chi connectivity index (χ0v) is 10.4. The molecule has 92 valence electrons. The highest BCUT2D eigenvalue weighted by atomic mass is 16.2. The van der Waals surface area contributed by atoms with Crippen molar-refractivity contribution in [1.82, 2.24) is 4.90 Å². The van der Waals surface area contributed by atoms with Crippen LogP contribution >= 0.6 is 0 Å². The van der Waals surface area contributed by atoms with Crippen LogP contribution in [0.1, 0.15) is 30.9 Å². The summed E-state index contributed by atoms with van der Waals surface area (Å²) in [4.78, 5) is 14.0. The van der Waals surface area contributed by atoms with E-state index in [2.05, 4.69) is 18.2 Å². The summed E-state index contributed by atoms with van der Waals surface area (Å²) < 4.78 is 0. The van der Waals surface area contributed by atoms with Crippen LogP contribution in [0, 0.1) is 0 Å². The van der Waals surface area contributed by atoms with Crippen molar-refractivity contribution in [2.24, 2.45) is 5.73 Å². The van der Waals surface area contributed by atoms with Crippen LogP contribution < -0.4 is 5.73 Å². The standard InChI is InChI=1S/C14H20N2O/c1-2-13(15)14(17)16-9-5-8-11-6-3-4-7-12(11)10-16/h3-4,6-7,13H,2,5,8-10,15H2,1H3/t13-/m0/s1. The maximum absolute atomic E-state index is 12.1. The first-order valence-electron chi connectivity index (χ1n) is 6.33. The van der Waals surface area contributed by atoms with Gasteiger partial charge in [0.25, 0.3) is 0 Å². The van der Waals surface area contributed by atoms with Crippen LogP contribution in [-0.4, -0.2) is 23.4 Å². The van der Waals surface area contributed by atoms with E-state index in [0.717, 1.165) is 19.4 Å². The lowest BCUT2D eigenvalue weighted by atomic mass is 10.0. The Morgan fingerprint density at radius 1 is 1.41 bits per heavy atom. The van der Waals surface area contributed by atoms with Crippen molar-refractivity contribution >= 4 is 5.91 Å². The van der Waals surface area contributed by atoms with Crippen molar-refractivity contribution in [3.63, 3.8) is 0 Å². The van der Waals surface area contributed by atoms with E-state index in [9.17, 15) is 4.79 Å². The molecule has 2 N–H and O–H groups in total. The molecule has 0 spiro atoms. The topological polar surface area (TPSA) is 46.3 Å². The molecule has 1 amide bonds. The number of hydrogen-bond donors (Lipinski definition) is 1. The highest BCUT2D eigenvalue weighted by molar-refractivity contribution is 5.81. The van der Waals surface area contributed by atoms with Crippen molar-refractivity contribution in [2.75, 3.05) is 6.54 Å². The summed E-state index contributed by atoms with van der Waals surface area (Å²) in [6, 6.07) is 8.02.